The Morgan fingerprint density at radius 3 is 3.07 bits per heavy atom. The molecule has 0 radical (unpaired) electrons. The van der Waals surface area contributed by atoms with Gasteiger partial charge in [-0.25, -0.2) is 4.98 Å². The van der Waals surface area contributed by atoms with Crippen molar-refractivity contribution in [1.29, 1.82) is 5.41 Å². The van der Waals surface area contributed by atoms with Gasteiger partial charge in [-0.3, -0.25) is 5.10 Å². The molecule has 8 heteroatoms. The quantitative estimate of drug-likeness (QED) is 0.674. The van der Waals surface area contributed by atoms with Crippen molar-refractivity contribution < 1.29 is 9.47 Å². The molecule has 2 aromatic heterocycles. The average molecular weight is 394 g/mol. The van der Waals surface area contributed by atoms with Gasteiger partial charge in [0.15, 0.2) is 0 Å². The smallest absolute Gasteiger partial charge is 0.143 e. The van der Waals surface area contributed by atoms with Gasteiger partial charge in [0.05, 0.1) is 37.7 Å². The van der Waals surface area contributed by atoms with E-state index in [2.05, 4.69) is 39.5 Å². The number of anilines is 3. The molecule has 0 aliphatic carbocycles. The number of hydrogen-bond donors (Lipinski definition) is 3. The molecule has 0 spiro atoms. The molecule has 2 aromatic rings. The molecular weight excluding hydrogens is 368 g/mol. The molecule has 5 heterocycles. The molecule has 3 aliphatic rings. The first kappa shape index (κ1) is 18.3. The van der Waals surface area contributed by atoms with Crippen molar-refractivity contribution in [2.75, 3.05) is 30.0 Å². The molecule has 29 heavy (non-hydrogen) atoms. The van der Waals surface area contributed by atoms with Crippen molar-refractivity contribution in [1.82, 2.24) is 15.2 Å². The lowest BCUT2D eigenvalue weighted by molar-refractivity contribution is 0.0671. The van der Waals surface area contributed by atoms with E-state index in [0.29, 0.717) is 19.0 Å². The average Bonchev–Trinajstić information content (AvgIpc) is 3.36. The van der Waals surface area contributed by atoms with Crippen LogP contribution in [0.15, 0.2) is 24.4 Å². The molecule has 5 rings (SSSR count). The second-order valence-corrected chi connectivity index (χ2v) is 7.92. The van der Waals surface area contributed by atoms with E-state index >= 15 is 0 Å². The summed E-state index contributed by atoms with van der Waals surface area (Å²) in [4.78, 5) is 7.19. The number of nitrogens with one attached hydrogen (secondary N) is 3. The maximum Gasteiger partial charge on any atom is 0.143 e. The van der Waals surface area contributed by atoms with Crippen molar-refractivity contribution in [3.8, 4) is 0 Å². The fourth-order valence-corrected chi connectivity index (χ4v) is 4.46. The minimum atomic E-state index is 0.185. The van der Waals surface area contributed by atoms with E-state index in [1.54, 1.807) is 6.20 Å². The third-order valence-electron chi connectivity index (χ3n) is 5.93. The third kappa shape index (κ3) is 3.54. The number of fused-ring (bicyclic) bond motifs is 2. The van der Waals surface area contributed by atoms with Gasteiger partial charge < -0.3 is 25.1 Å². The molecule has 0 saturated carbocycles. The number of hydrogen-bond acceptors (Lipinski definition) is 7. The van der Waals surface area contributed by atoms with Gasteiger partial charge in [-0.1, -0.05) is 6.08 Å². The van der Waals surface area contributed by atoms with Crippen LogP contribution in [0.5, 0.6) is 0 Å². The molecule has 152 valence electrons. The van der Waals surface area contributed by atoms with Gasteiger partial charge in [0.25, 0.3) is 0 Å². The number of aromatic nitrogens is 3. The number of morpholine rings is 1. The van der Waals surface area contributed by atoms with Crippen LogP contribution in [0.3, 0.4) is 0 Å². The molecular formula is C21H26N6O2. The molecule has 3 atom stereocenters. The Balaban J connectivity index is 1.61. The highest BCUT2D eigenvalue weighted by Crippen LogP contribution is 2.39. The van der Waals surface area contributed by atoms with Crippen LogP contribution in [0.1, 0.15) is 37.3 Å². The number of aromatic amines is 1. The number of rotatable bonds is 5. The summed E-state index contributed by atoms with van der Waals surface area (Å²) in [6.45, 7) is 4.33. The van der Waals surface area contributed by atoms with Gasteiger partial charge in [-0.15, -0.1) is 0 Å². The van der Waals surface area contributed by atoms with Crippen LogP contribution < -0.4 is 10.2 Å². The molecule has 2 bridgehead atoms. The van der Waals surface area contributed by atoms with Crippen LogP contribution in [0.25, 0.3) is 5.57 Å². The molecule has 3 N–H and O–H groups in total. The molecule has 0 amide bonds. The summed E-state index contributed by atoms with van der Waals surface area (Å²) in [5.74, 6) is 2.32. The monoisotopic (exact) mass is 394 g/mol. The Morgan fingerprint density at radius 1 is 1.38 bits per heavy atom. The zero-order chi connectivity index (χ0) is 19.8. The Hall–Kier alpha value is -2.71. The van der Waals surface area contributed by atoms with Gasteiger partial charge in [0.1, 0.15) is 17.5 Å². The highest BCUT2D eigenvalue weighted by molar-refractivity contribution is 5.94. The second-order valence-electron chi connectivity index (χ2n) is 7.92. The molecule has 0 unspecified atom stereocenters. The van der Waals surface area contributed by atoms with Gasteiger partial charge in [0, 0.05) is 24.4 Å². The summed E-state index contributed by atoms with van der Waals surface area (Å²) >= 11 is 0. The Labute approximate surface area is 169 Å². The summed E-state index contributed by atoms with van der Waals surface area (Å²) in [6, 6.07) is 4.24. The van der Waals surface area contributed by atoms with E-state index in [9.17, 15) is 0 Å². The standard InChI is InChI=1S/C21H26N6O2/c1-13-12-28-7-6-27(13)20-10-17(14-8-15-2-3-16(9-14)29-15)18(11-22)21(25-20)24-19-4-5-23-26-19/h4-5,8,10-11,13,15-16,22H,2-3,6-7,9,12H2,1H3,(H2,23,24,25,26)/t13-,15-,16+/m1/s1. The maximum absolute atomic E-state index is 8.12. The number of nitrogens with zero attached hydrogens (tertiary/aromatic N) is 3. The summed E-state index contributed by atoms with van der Waals surface area (Å²) in [7, 11) is 0. The van der Waals surface area contributed by atoms with Crippen molar-refractivity contribution in [3.05, 3.63) is 35.5 Å². The van der Waals surface area contributed by atoms with Gasteiger partial charge in [0.2, 0.25) is 0 Å². The lowest BCUT2D eigenvalue weighted by Gasteiger charge is -2.35. The normalized spacial score (nSPS) is 26.3. The summed E-state index contributed by atoms with van der Waals surface area (Å²) in [5, 5.41) is 18.4. The second kappa shape index (κ2) is 7.61. The van der Waals surface area contributed by atoms with Crippen molar-refractivity contribution >= 4 is 29.2 Å². The first-order valence-electron chi connectivity index (χ1n) is 10.2. The molecule has 2 saturated heterocycles. The Morgan fingerprint density at radius 2 is 2.31 bits per heavy atom. The Bertz CT molecular complexity index is 926. The summed E-state index contributed by atoms with van der Waals surface area (Å²) in [5.41, 5.74) is 3.10. The van der Waals surface area contributed by atoms with Gasteiger partial charge >= 0.3 is 0 Å². The minimum absolute atomic E-state index is 0.185. The van der Waals surface area contributed by atoms with Crippen molar-refractivity contribution in [2.45, 2.75) is 44.4 Å². The predicted molar refractivity (Wildman–Crippen MR) is 112 cm³/mol. The van der Waals surface area contributed by atoms with Gasteiger partial charge in [-0.2, -0.15) is 5.10 Å². The van der Waals surface area contributed by atoms with Crippen LogP contribution >= 0.6 is 0 Å². The van der Waals surface area contributed by atoms with Crippen LogP contribution in [0.2, 0.25) is 0 Å². The third-order valence-corrected chi connectivity index (χ3v) is 5.93. The van der Waals surface area contributed by atoms with E-state index in [0.717, 1.165) is 48.6 Å². The fraction of sp³-hybridized carbons (Fsp3) is 0.476. The van der Waals surface area contributed by atoms with Crippen molar-refractivity contribution in [3.63, 3.8) is 0 Å². The molecule has 3 aliphatic heterocycles. The highest BCUT2D eigenvalue weighted by Gasteiger charge is 2.32. The number of H-pyrrole nitrogens is 1. The van der Waals surface area contributed by atoms with Crippen LogP contribution in [0.4, 0.5) is 17.5 Å². The van der Waals surface area contributed by atoms with Gasteiger partial charge in [-0.05, 0) is 43.4 Å². The van der Waals surface area contributed by atoms with Crippen LogP contribution in [-0.2, 0) is 9.47 Å². The van der Waals surface area contributed by atoms with E-state index < -0.39 is 0 Å². The molecule has 0 aromatic carbocycles. The zero-order valence-electron chi connectivity index (χ0n) is 16.5. The van der Waals surface area contributed by atoms with Crippen LogP contribution in [-0.4, -0.2) is 59.4 Å². The predicted octanol–water partition coefficient (Wildman–Crippen LogP) is 3.11. The summed E-state index contributed by atoms with van der Waals surface area (Å²) in [6.07, 6.45) is 8.84. The minimum Gasteiger partial charge on any atom is -0.377 e. The number of ether oxygens (including phenoxy) is 2. The van der Waals surface area contributed by atoms with E-state index in [1.165, 1.54) is 11.8 Å². The lowest BCUT2D eigenvalue weighted by Crippen LogP contribution is -2.44. The lowest BCUT2D eigenvalue weighted by atomic mass is 9.94. The van der Waals surface area contributed by atoms with E-state index in [1.807, 2.05) is 6.07 Å². The largest absolute Gasteiger partial charge is 0.377 e. The van der Waals surface area contributed by atoms with Crippen LogP contribution in [0, 0.1) is 5.41 Å². The highest BCUT2D eigenvalue weighted by atomic mass is 16.5. The molecule has 8 nitrogen and oxygen atoms in total. The molecule has 2 fully saturated rings. The fourth-order valence-electron chi connectivity index (χ4n) is 4.46. The van der Waals surface area contributed by atoms with E-state index in [4.69, 9.17) is 19.9 Å². The Kier molecular flexibility index (Phi) is 4.81. The number of pyridine rings is 1. The van der Waals surface area contributed by atoms with E-state index in [-0.39, 0.29) is 18.2 Å². The zero-order valence-corrected chi connectivity index (χ0v) is 16.5. The maximum atomic E-state index is 8.12. The van der Waals surface area contributed by atoms with Crippen molar-refractivity contribution in [2.24, 2.45) is 0 Å². The first-order chi connectivity index (χ1) is 14.2. The summed E-state index contributed by atoms with van der Waals surface area (Å²) < 4.78 is 11.6. The first-order valence-corrected chi connectivity index (χ1v) is 10.2. The topological polar surface area (TPSA) is 99.1 Å². The SMILES string of the molecule is C[C@@H]1COCCN1c1cc(C2=C[C@H]3CC[C@@H](C2)O3)c(C=N)c(Nc2ccn[nH]2)n1.